The summed E-state index contributed by atoms with van der Waals surface area (Å²) in [6.45, 7) is 3.93. The Morgan fingerprint density at radius 2 is 1.95 bits per heavy atom. The number of aryl methyl sites for hydroxylation is 4. The van der Waals surface area contributed by atoms with Crippen LogP contribution in [-0.2, 0) is 19.4 Å². The molecule has 0 N–H and O–H groups in total. The standard InChI is InChI=1S/C18H20N2O2/c1-12-7-8-15(13(2)9-12)17(21)11-20-18(22)10-14-5-3-4-6-16(14)19-20/h7-10H,3-6,11H2,1-2H3. The van der Waals surface area contributed by atoms with Gasteiger partial charge in [-0.3, -0.25) is 9.59 Å². The lowest BCUT2D eigenvalue weighted by atomic mass is 9.97. The number of hydrogen-bond acceptors (Lipinski definition) is 3. The van der Waals surface area contributed by atoms with Gasteiger partial charge in [-0.05, 0) is 50.7 Å². The third-order valence-corrected chi connectivity index (χ3v) is 4.25. The molecule has 1 aromatic heterocycles. The number of fused-ring (bicyclic) bond motifs is 1. The van der Waals surface area contributed by atoms with E-state index >= 15 is 0 Å². The minimum absolute atomic E-state index is 0.00993. The van der Waals surface area contributed by atoms with E-state index in [0.717, 1.165) is 48.1 Å². The van der Waals surface area contributed by atoms with Crippen molar-refractivity contribution in [3.63, 3.8) is 0 Å². The van der Waals surface area contributed by atoms with Gasteiger partial charge in [0.1, 0.15) is 6.54 Å². The van der Waals surface area contributed by atoms with Crippen LogP contribution in [0.2, 0.25) is 0 Å². The number of rotatable bonds is 3. The summed E-state index contributed by atoms with van der Waals surface area (Å²) in [5.41, 5.74) is 4.57. The Morgan fingerprint density at radius 1 is 1.18 bits per heavy atom. The summed E-state index contributed by atoms with van der Waals surface area (Å²) in [6.07, 6.45) is 4.03. The number of Topliss-reactive ketones (excluding diaryl/α,β-unsaturated/α-hetero) is 1. The first kappa shape index (κ1) is 14.7. The number of aromatic nitrogens is 2. The second kappa shape index (κ2) is 5.87. The first-order valence-corrected chi connectivity index (χ1v) is 7.75. The Morgan fingerprint density at radius 3 is 2.73 bits per heavy atom. The minimum atomic E-state index is -0.182. The van der Waals surface area contributed by atoms with Crippen LogP contribution in [0.1, 0.15) is 45.6 Å². The van der Waals surface area contributed by atoms with E-state index in [2.05, 4.69) is 5.10 Å². The van der Waals surface area contributed by atoms with Crippen LogP contribution in [0.15, 0.2) is 29.1 Å². The summed E-state index contributed by atoms with van der Waals surface area (Å²) in [5.74, 6) is -0.0668. The largest absolute Gasteiger partial charge is 0.292 e. The predicted molar refractivity (Wildman–Crippen MR) is 85.4 cm³/mol. The zero-order chi connectivity index (χ0) is 15.7. The van der Waals surface area contributed by atoms with Crippen molar-refractivity contribution in [2.75, 3.05) is 0 Å². The Labute approximate surface area is 129 Å². The molecule has 4 nitrogen and oxygen atoms in total. The van der Waals surface area contributed by atoms with Gasteiger partial charge in [-0.2, -0.15) is 5.10 Å². The first-order valence-electron chi connectivity index (χ1n) is 7.75. The Bertz CT molecular complexity index is 790. The predicted octanol–water partition coefficient (Wildman–Crippen LogP) is 2.62. The minimum Gasteiger partial charge on any atom is -0.292 e. The van der Waals surface area contributed by atoms with Gasteiger partial charge < -0.3 is 0 Å². The molecular weight excluding hydrogens is 276 g/mol. The van der Waals surface area contributed by atoms with Crippen LogP contribution >= 0.6 is 0 Å². The molecule has 0 spiro atoms. The van der Waals surface area contributed by atoms with Crippen molar-refractivity contribution in [2.24, 2.45) is 0 Å². The van der Waals surface area contributed by atoms with E-state index < -0.39 is 0 Å². The molecule has 0 saturated heterocycles. The molecule has 2 aromatic rings. The molecule has 0 fully saturated rings. The van der Waals surface area contributed by atoms with Crippen LogP contribution in [0.4, 0.5) is 0 Å². The van der Waals surface area contributed by atoms with Crippen molar-refractivity contribution < 1.29 is 4.79 Å². The molecule has 0 bridgehead atoms. The maximum atomic E-state index is 12.5. The highest BCUT2D eigenvalue weighted by molar-refractivity contribution is 5.97. The van der Waals surface area contributed by atoms with E-state index in [4.69, 9.17) is 0 Å². The number of nitrogens with zero attached hydrogens (tertiary/aromatic N) is 2. The lowest BCUT2D eigenvalue weighted by Gasteiger charge is -2.15. The lowest BCUT2D eigenvalue weighted by Crippen LogP contribution is -2.29. The van der Waals surface area contributed by atoms with Gasteiger partial charge in [0.2, 0.25) is 0 Å². The number of benzene rings is 1. The monoisotopic (exact) mass is 296 g/mol. The average Bonchev–Trinajstić information content (AvgIpc) is 2.47. The van der Waals surface area contributed by atoms with Gasteiger partial charge in [0.15, 0.2) is 5.78 Å². The summed E-state index contributed by atoms with van der Waals surface area (Å²) >= 11 is 0. The molecular formula is C18H20N2O2. The highest BCUT2D eigenvalue weighted by Crippen LogP contribution is 2.17. The van der Waals surface area contributed by atoms with Crippen molar-refractivity contribution in [3.05, 3.63) is 62.6 Å². The normalized spacial score (nSPS) is 13.7. The Hall–Kier alpha value is -2.23. The average molecular weight is 296 g/mol. The van der Waals surface area contributed by atoms with E-state index in [0.29, 0.717) is 5.56 Å². The molecule has 0 aliphatic heterocycles. The summed E-state index contributed by atoms with van der Waals surface area (Å²) in [5, 5.41) is 4.41. The van der Waals surface area contributed by atoms with Gasteiger partial charge in [0.25, 0.3) is 5.56 Å². The molecule has 0 unspecified atom stereocenters. The van der Waals surface area contributed by atoms with Gasteiger partial charge >= 0.3 is 0 Å². The maximum absolute atomic E-state index is 12.5. The second-order valence-electron chi connectivity index (χ2n) is 6.06. The Balaban J connectivity index is 1.89. The topological polar surface area (TPSA) is 52.0 Å². The second-order valence-corrected chi connectivity index (χ2v) is 6.06. The van der Waals surface area contributed by atoms with Crippen LogP contribution in [0.25, 0.3) is 0 Å². The van der Waals surface area contributed by atoms with E-state index in [1.54, 1.807) is 6.07 Å². The van der Waals surface area contributed by atoms with E-state index in [1.165, 1.54) is 4.68 Å². The number of hydrogen-bond donors (Lipinski definition) is 0. The fourth-order valence-electron chi connectivity index (χ4n) is 3.06. The SMILES string of the molecule is Cc1ccc(C(=O)Cn2nc3c(cc2=O)CCCC3)c(C)c1. The van der Waals surface area contributed by atoms with E-state index in [-0.39, 0.29) is 17.9 Å². The van der Waals surface area contributed by atoms with Gasteiger partial charge in [-0.15, -0.1) is 0 Å². The number of carbonyl (C=O) groups excluding carboxylic acids is 1. The van der Waals surface area contributed by atoms with Crippen LogP contribution in [-0.4, -0.2) is 15.6 Å². The van der Waals surface area contributed by atoms with Gasteiger partial charge in [0, 0.05) is 11.6 Å². The molecule has 1 heterocycles. The van der Waals surface area contributed by atoms with Gasteiger partial charge in [-0.1, -0.05) is 23.8 Å². The van der Waals surface area contributed by atoms with Gasteiger partial charge in [0.05, 0.1) is 5.69 Å². The van der Waals surface area contributed by atoms with Crippen molar-refractivity contribution >= 4 is 5.78 Å². The molecule has 0 atom stereocenters. The van der Waals surface area contributed by atoms with Crippen LogP contribution in [0.5, 0.6) is 0 Å². The summed E-state index contributed by atoms with van der Waals surface area (Å²) in [7, 11) is 0. The van der Waals surface area contributed by atoms with Crippen molar-refractivity contribution in [3.8, 4) is 0 Å². The molecule has 3 rings (SSSR count). The van der Waals surface area contributed by atoms with Gasteiger partial charge in [-0.25, -0.2) is 4.68 Å². The molecule has 114 valence electrons. The third-order valence-electron chi connectivity index (χ3n) is 4.25. The van der Waals surface area contributed by atoms with Crippen molar-refractivity contribution in [1.82, 2.24) is 9.78 Å². The molecule has 22 heavy (non-hydrogen) atoms. The van der Waals surface area contributed by atoms with Crippen molar-refractivity contribution in [2.45, 2.75) is 46.1 Å². The zero-order valence-corrected chi connectivity index (χ0v) is 13.1. The van der Waals surface area contributed by atoms with E-state index in [9.17, 15) is 9.59 Å². The molecule has 0 saturated carbocycles. The fraction of sp³-hybridized carbons (Fsp3) is 0.389. The first-order chi connectivity index (χ1) is 10.5. The van der Waals surface area contributed by atoms with E-state index in [1.807, 2.05) is 32.0 Å². The Kier molecular flexibility index (Phi) is 3.92. The smallest absolute Gasteiger partial charge is 0.267 e. The third kappa shape index (κ3) is 2.86. The fourth-order valence-corrected chi connectivity index (χ4v) is 3.06. The highest BCUT2D eigenvalue weighted by atomic mass is 16.1. The van der Waals surface area contributed by atoms with Crippen molar-refractivity contribution in [1.29, 1.82) is 0 Å². The summed E-state index contributed by atoms with van der Waals surface area (Å²) in [6, 6.07) is 7.38. The maximum Gasteiger partial charge on any atom is 0.267 e. The van der Waals surface area contributed by atoms with Crippen LogP contribution in [0.3, 0.4) is 0 Å². The van der Waals surface area contributed by atoms with Crippen LogP contribution in [0, 0.1) is 13.8 Å². The molecule has 1 aliphatic rings. The van der Waals surface area contributed by atoms with Crippen LogP contribution < -0.4 is 5.56 Å². The number of ketones is 1. The summed E-state index contributed by atoms with van der Waals surface area (Å²) < 4.78 is 1.31. The molecule has 1 aliphatic carbocycles. The zero-order valence-electron chi connectivity index (χ0n) is 13.1. The molecule has 0 radical (unpaired) electrons. The molecule has 4 heteroatoms. The number of carbonyl (C=O) groups is 1. The molecule has 0 amide bonds. The highest BCUT2D eigenvalue weighted by Gasteiger charge is 2.16. The molecule has 1 aromatic carbocycles. The lowest BCUT2D eigenvalue weighted by molar-refractivity contribution is 0.0964. The quantitative estimate of drug-likeness (QED) is 0.818. The summed E-state index contributed by atoms with van der Waals surface area (Å²) in [4.78, 5) is 24.6.